The van der Waals surface area contributed by atoms with Crippen LogP contribution in [0.5, 0.6) is 0 Å². The minimum Gasteiger partial charge on any atom is -0.368 e. The number of aryl methyl sites for hydroxylation is 2. The molecule has 0 saturated heterocycles. The number of hydrogen-bond donors (Lipinski definition) is 0. The number of pyridine rings is 1. The highest BCUT2D eigenvalue weighted by atomic mass is 32.1. The van der Waals surface area contributed by atoms with Gasteiger partial charge < -0.3 is 4.90 Å². The van der Waals surface area contributed by atoms with Crippen molar-refractivity contribution in [3.05, 3.63) is 51.4 Å². The summed E-state index contributed by atoms with van der Waals surface area (Å²) in [7, 11) is 1.90. The van der Waals surface area contributed by atoms with Crippen LogP contribution < -0.4 is 4.90 Å². The van der Waals surface area contributed by atoms with Crippen LogP contribution in [0.4, 0.5) is 10.1 Å². The van der Waals surface area contributed by atoms with Gasteiger partial charge in [0.15, 0.2) is 0 Å². The van der Waals surface area contributed by atoms with E-state index in [1.807, 2.05) is 25.1 Å². The summed E-state index contributed by atoms with van der Waals surface area (Å²) in [5.74, 6) is -0.322. The molecule has 0 atom stereocenters. The fourth-order valence-corrected chi connectivity index (χ4v) is 3.73. The van der Waals surface area contributed by atoms with Crippen LogP contribution in [0.25, 0.3) is 10.9 Å². The maximum Gasteiger partial charge on any atom is 0.124 e. The highest BCUT2D eigenvalue weighted by molar-refractivity contribution is 7.11. The van der Waals surface area contributed by atoms with Crippen LogP contribution in [-0.2, 0) is 13.0 Å². The number of halogens is 1. The first kappa shape index (κ1) is 16.3. The predicted molar refractivity (Wildman–Crippen MR) is 94.8 cm³/mol. The van der Waals surface area contributed by atoms with Gasteiger partial charge >= 0.3 is 0 Å². The Morgan fingerprint density at radius 2 is 2.08 bits per heavy atom. The Kier molecular flexibility index (Phi) is 4.45. The summed E-state index contributed by atoms with van der Waals surface area (Å²) in [5, 5.41) is 11.2. The number of rotatable bonds is 4. The Labute approximate surface area is 144 Å². The van der Waals surface area contributed by atoms with E-state index in [2.05, 4.69) is 23.0 Å². The van der Waals surface area contributed by atoms with Crippen molar-refractivity contribution in [3.8, 4) is 6.07 Å². The summed E-state index contributed by atoms with van der Waals surface area (Å²) in [6.07, 6.45) is 4.32. The smallest absolute Gasteiger partial charge is 0.124 e. The molecule has 0 aliphatic rings. The summed E-state index contributed by atoms with van der Waals surface area (Å²) in [5.41, 5.74) is 2.62. The van der Waals surface area contributed by atoms with Crippen molar-refractivity contribution in [1.29, 1.82) is 5.26 Å². The molecule has 0 aliphatic carbocycles. The van der Waals surface area contributed by atoms with Crippen molar-refractivity contribution in [2.45, 2.75) is 26.8 Å². The molecule has 2 aromatic heterocycles. The van der Waals surface area contributed by atoms with E-state index in [9.17, 15) is 9.65 Å². The van der Waals surface area contributed by atoms with Crippen molar-refractivity contribution in [2.24, 2.45) is 0 Å². The molecule has 3 aromatic rings. The van der Waals surface area contributed by atoms with Gasteiger partial charge in [-0.3, -0.25) is 4.98 Å². The van der Waals surface area contributed by atoms with E-state index in [0.29, 0.717) is 23.2 Å². The maximum atomic E-state index is 13.9. The van der Waals surface area contributed by atoms with Crippen LogP contribution in [0.2, 0.25) is 0 Å². The van der Waals surface area contributed by atoms with E-state index in [4.69, 9.17) is 0 Å². The van der Waals surface area contributed by atoms with Crippen molar-refractivity contribution >= 4 is 27.9 Å². The van der Waals surface area contributed by atoms with E-state index >= 15 is 0 Å². The van der Waals surface area contributed by atoms with Gasteiger partial charge in [0.2, 0.25) is 0 Å². The number of nitriles is 1. The molecule has 0 radical (unpaired) electrons. The third-order valence-electron chi connectivity index (χ3n) is 3.90. The lowest BCUT2D eigenvalue weighted by Gasteiger charge is -2.22. The minimum absolute atomic E-state index is 0.322. The summed E-state index contributed by atoms with van der Waals surface area (Å²) < 4.78 is 13.9. The molecule has 2 heterocycles. The molecule has 0 spiro atoms. The van der Waals surface area contributed by atoms with Crippen molar-refractivity contribution in [1.82, 2.24) is 9.97 Å². The average Bonchev–Trinajstić information content (AvgIpc) is 3.00. The second kappa shape index (κ2) is 6.54. The van der Waals surface area contributed by atoms with E-state index in [0.717, 1.165) is 27.4 Å². The lowest BCUT2D eigenvalue weighted by molar-refractivity contribution is 0.628. The van der Waals surface area contributed by atoms with Gasteiger partial charge in [-0.05, 0) is 31.0 Å². The zero-order valence-corrected chi connectivity index (χ0v) is 14.6. The summed E-state index contributed by atoms with van der Waals surface area (Å²) in [6.45, 7) is 4.51. The molecule has 122 valence electrons. The molecule has 0 amide bonds. The Morgan fingerprint density at radius 3 is 2.75 bits per heavy atom. The van der Waals surface area contributed by atoms with E-state index in [-0.39, 0.29) is 5.82 Å². The molecule has 6 heteroatoms. The SMILES string of the molecule is CCc1ncc(CN(C)c2c(C#N)cnc3c(C)cc(F)cc23)s1. The second-order valence-electron chi connectivity index (χ2n) is 5.68. The second-order valence-corrected chi connectivity index (χ2v) is 6.88. The number of hydrogen-bond acceptors (Lipinski definition) is 5. The van der Waals surface area contributed by atoms with Gasteiger partial charge in [0.25, 0.3) is 0 Å². The van der Waals surface area contributed by atoms with Gasteiger partial charge in [0, 0.05) is 29.7 Å². The Bertz CT molecular complexity index is 942. The number of fused-ring (bicyclic) bond motifs is 1. The van der Waals surface area contributed by atoms with Crippen LogP contribution in [-0.4, -0.2) is 17.0 Å². The normalized spacial score (nSPS) is 10.8. The van der Waals surface area contributed by atoms with Gasteiger partial charge in [-0.2, -0.15) is 5.26 Å². The van der Waals surface area contributed by atoms with E-state index < -0.39 is 0 Å². The van der Waals surface area contributed by atoms with Crippen molar-refractivity contribution in [2.75, 3.05) is 11.9 Å². The molecule has 4 nitrogen and oxygen atoms in total. The van der Waals surface area contributed by atoms with E-state index in [1.165, 1.54) is 12.1 Å². The van der Waals surface area contributed by atoms with Crippen LogP contribution in [0.1, 0.15) is 27.9 Å². The fourth-order valence-electron chi connectivity index (χ4n) is 2.81. The standard InChI is InChI=1S/C18H17FN4S/c1-4-16-21-9-14(24-16)10-23(3)18-12(7-20)8-22-17-11(2)5-13(19)6-15(17)18/h5-6,8-9H,4,10H2,1-3H3. The van der Waals surface area contributed by atoms with Crippen LogP contribution in [0.3, 0.4) is 0 Å². The van der Waals surface area contributed by atoms with Gasteiger partial charge in [-0.25, -0.2) is 9.37 Å². The molecule has 0 N–H and O–H groups in total. The first-order chi connectivity index (χ1) is 11.5. The molecule has 0 fully saturated rings. The van der Waals surface area contributed by atoms with Crippen LogP contribution in [0, 0.1) is 24.1 Å². The monoisotopic (exact) mass is 340 g/mol. The highest BCUT2D eigenvalue weighted by Crippen LogP contribution is 2.32. The van der Waals surface area contributed by atoms with Gasteiger partial charge in [-0.15, -0.1) is 11.3 Å². The fraction of sp³-hybridized carbons (Fsp3) is 0.278. The quantitative estimate of drug-likeness (QED) is 0.714. The summed E-state index contributed by atoms with van der Waals surface area (Å²) in [4.78, 5) is 11.8. The molecule has 0 aliphatic heterocycles. The molecule has 0 unspecified atom stereocenters. The maximum absolute atomic E-state index is 13.9. The van der Waals surface area contributed by atoms with Crippen LogP contribution >= 0.6 is 11.3 Å². The first-order valence-corrected chi connectivity index (χ1v) is 8.48. The third kappa shape index (κ3) is 2.95. The number of thiazole rings is 1. The Hall–Kier alpha value is -2.52. The lowest BCUT2D eigenvalue weighted by Crippen LogP contribution is -2.17. The summed E-state index contributed by atoms with van der Waals surface area (Å²) in [6, 6.07) is 5.08. The first-order valence-electron chi connectivity index (χ1n) is 7.67. The topological polar surface area (TPSA) is 52.8 Å². The minimum atomic E-state index is -0.322. The zero-order valence-electron chi connectivity index (χ0n) is 13.8. The molecule has 24 heavy (non-hydrogen) atoms. The predicted octanol–water partition coefficient (Wildman–Crippen LogP) is 4.21. The molecule has 1 aromatic carbocycles. The van der Waals surface area contributed by atoms with Crippen molar-refractivity contribution in [3.63, 3.8) is 0 Å². The third-order valence-corrected chi connectivity index (χ3v) is 5.02. The molecule has 0 saturated carbocycles. The number of benzene rings is 1. The van der Waals surface area contributed by atoms with E-state index in [1.54, 1.807) is 17.5 Å². The Morgan fingerprint density at radius 1 is 1.29 bits per heavy atom. The van der Waals surface area contributed by atoms with Gasteiger partial charge in [-0.1, -0.05) is 6.92 Å². The number of nitrogens with zero attached hydrogens (tertiary/aromatic N) is 4. The van der Waals surface area contributed by atoms with Gasteiger partial charge in [0.1, 0.15) is 11.9 Å². The molecular weight excluding hydrogens is 323 g/mol. The Balaban J connectivity index is 2.10. The zero-order chi connectivity index (χ0) is 17.3. The molecule has 0 bridgehead atoms. The molecule has 3 rings (SSSR count). The highest BCUT2D eigenvalue weighted by Gasteiger charge is 2.16. The van der Waals surface area contributed by atoms with Crippen LogP contribution in [0.15, 0.2) is 24.5 Å². The van der Waals surface area contributed by atoms with Gasteiger partial charge in [0.05, 0.1) is 28.3 Å². The van der Waals surface area contributed by atoms with Crippen molar-refractivity contribution < 1.29 is 4.39 Å². The largest absolute Gasteiger partial charge is 0.368 e. The number of aromatic nitrogens is 2. The molecular formula is C18H17FN4S. The lowest BCUT2D eigenvalue weighted by atomic mass is 10.1. The number of anilines is 1. The summed E-state index contributed by atoms with van der Waals surface area (Å²) >= 11 is 1.66. The average molecular weight is 340 g/mol.